The van der Waals surface area contributed by atoms with E-state index in [-0.39, 0.29) is 24.4 Å². The summed E-state index contributed by atoms with van der Waals surface area (Å²) >= 11 is 11.7. The monoisotopic (exact) mass is 294 g/mol. The van der Waals surface area contributed by atoms with Gasteiger partial charge in [0.25, 0.3) is 5.91 Å². The highest BCUT2D eigenvalue weighted by molar-refractivity contribution is 6.42. The first-order valence-corrected chi connectivity index (χ1v) is 5.83. The molecule has 1 aliphatic rings. The Hall–Kier alpha value is -0.480. The zero-order valence-corrected chi connectivity index (χ0v) is 11.4. The van der Waals surface area contributed by atoms with Gasteiger partial charge in [-0.2, -0.15) is 0 Å². The molecular weight excluding hydrogens is 282 g/mol. The second-order valence-corrected chi connectivity index (χ2v) is 4.74. The molecule has 1 aromatic carbocycles. The predicted octanol–water partition coefficient (Wildman–Crippen LogP) is 2.59. The van der Waals surface area contributed by atoms with E-state index in [0.717, 1.165) is 6.42 Å². The second-order valence-electron chi connectivity index (χ2n) is 3.93. The first kappa shape index (κ1) is 14.6. The quantitative estimate of drug-likeness (QED) is 0.865. The maximum absolute atomic E-state index is 12.0. The van der Waals surface area contributed by atoms with Gasteiger partial charge in [-0.25, -0.2) is 0 Å². The van der Waals surface area contributed by atoms with Crippen molar-refractivity contribution in [2.45, 2.75) is 12.5 Å². The molecule has 1 aliphatic heterocycles. The van der Waals surface area contributed by atoms with Crippen LogP contribution >= 0.6 is 35.6 Å². The average Bonchev–Trinajstić information content (AvgIpc) is 2.68. The summed E-state index contributed by atoms with van der Waals surface area (Å²) in [6.45, 7) is 1.32. The minimum absolute atomic E-state index is 0. The molecule has 0 spiro atoms. The fourth-order valence-electron chi connectivity index (χ4n) is 1.78. The Labute approximate surface area is 116 Å². The van der Waals surface area contributed by atoms with Crippen molar-refractivity contribution in [1.29, 1.82) is 0 Å². The average molecular weight is 296 g/mol. The van der Waals surface area contributed by atoms with E-state index >= 15 is 0 Å². The lowest BCUT2D eigenvalue weighted by Gasteiger charge is -2.15. The number of halogens is 3. The smallest absolute Gasteiger partial charge is 0.253 e. The zero-order valence-electron chi connectivity index (χ0n) is 9.03. The van der Waals surface area contributed by atoms with Crippen molar-refractivity contribution >= 4 is 41.5 Å². The molecule has 1 aromatic rings. The molecule has 0 radical (unpaired) electrons. The third-order valence-electron chi connectivity index (χ3n) is 2.68. The third-order valence-corrected chi connectivity index (χ3v) is 3.42. The molecule has 0 saturated carbocycles. The molecule has 1 heterocycles. The van der Waals surface area contributed by atoms with Gasteiger partial charge >= 0.3 is 0 Å². The van der Waals surface area contributed by atoms with Crippen molar-refractivity contribution in [1.82, 2.24) is 4.90 Å². The van der Waals surface area contributed by atoms with Crippen LogP contribution in [0.2, 0.25) is 10.0 Å². The molecule has 2 N–H and O–H groups in total. The zero-order chi connectivity index (χ0) is 11.7. The van der Waals surface area contributed by atoms with Crippen molar-refractivity contribution in [3.05, 3.63) is 33.8 Å². The van der Waals surface area contributed by atoms with Crippen LogP contribution in [0.3, 0.4) is 0 Å². The Morgan fingerprint density at radius 1 is 1.35 bits per heavy atom. The van der Waals surface area contributed by atoms with E-state index in [4.69, 9.17) is 28.9 Å². The van der Waals surface area contributed by atoms with E-state index in [9.17, 15) is 4.79 Å². The lowest BCUT2D eigenvalue weighted by atomic mass is 10.2. The first-order chi connectivity index (χ1) is 7.58. The van der Waals surface area contributed by atoms with E-state index in [0.29, 0.717) is 28.7 Å². The van der Waals surface area contributed by atoms with Crippen molar-refractivity contribution < 1.29 is 4.79 Å². The highest BCUT2D eigenvalue weighted by Gasteiger charge is 2.24. The molecule has 0 aromatic heterocycles. The summed E-state index contributed by atoms with van der Waals surface area (Å²) < 4.78 is 0. The molecule has 1 atom stereocenters. The molecule has 2 rings (SSSR count). The summed E-state index contributed by atoms with van der Waals surface area (Å²) in [5, 5.41) is 0.854. The van der Waals surface area contributed by atoms with Gasteiger partial charge < -0.3 is 10.6 Å². The molecule has 0 bridgehead atoms. The number of hydrogen-bond donors (Lipinski definition) is 1. The van der Waals surface area contributed by atoms with Gasteiger partial charge in [0.15, 0.2) is 0 Å². The van der Waals surface area contributed by atoms with Gasteiger partial charge in [-0.05, 0) is 24.6 Å². The molecule has 17 heavy (non-hydrogen) atoms. The van der Waals surface area contributed by atoms with Crippen LogP contribution in [0, 0.1) is 0 Å². The van der Waals surface area contributed by atoms with Crippen molar-refractivity contribution in [2.75, 3.05) is 13.1 Å². The van der Waals surface area contributed by atoms with Crippen LogP contribution < -0.4 is 5.73 Å². The van der Waals surface area contributed by atoms with Crippen LogP contribution in [0.4, 0.5) is 0 Å². The second kappa shape index (κ2) is 5.91. The van der Waals surface area contributed by atoms with Crippen molar-refractivity contribution in [2.24, 2.45) is 5.73 Å². The predicted molar refractivity (Wildman–Crippen MR) is 72.2 cm³/mol. The van der Waals surface area contributed by atoms with Crippen LogP contribution in [0.5, 0.6) is 0 Å². The van der Waals surface area contributed by atoms with Gasteiger partial charge in [-0.3, -0.25) is 4.79 Å². The number of nitrogens with two attached hydrogens (primary N) is 1. The number of carbonyl (C=O) groups is 1. The SMILES string of the molecule is Cl.NC1CCN(C(=O)c2ccc(Cl)c(Cl)c2)C1. The number of nitrogens with zero attached hydrogens (tertiary/aromatic N) is 1. The summed E-state index contributed by atoms with van der Waals surface area (Å²) in [6.07, 6.45) is 0.854. The molecular formula is C11H13Cl3N2O. The maximum atomic E-state index is 12.0. The van der Waals surface area contributed by atoms with Gasteiger partial charge in [-0.15, -0.1) is 12.4 Å². The van der Waals surface area contributed by atoms with Crippen LogP contribution in [-0.4, -0.2) is 29.9 Å². The van der Waals surface area contributed by atoms with Crippen molar-refractivity contribution in [3.63, 3.8) is 0 Å². The minimum atomic E-state index is -0.0356. The number of benzene rings is 1. The summed E-state index contributed by atoms with van der Waals surface area (Å²) in [6, 6.07) is 5.00. The molecule has 94 valence electrons. The number of hydrogen-bond acceptors (Lipinski definition) is 2. The summed E-state index contributed by atoms with van der Waals surface area (Å²) in [4.78, 5) is 13.8. The Morgan fingerprint density at radius 3 is 2.59 bits per heavy atom. The van der Waals surface area contributed by atoms with Gasteiger partial charge in [0.2, 0.25) is 0 Å². The number of rotatable bonds is 1. The Balaban J connectivity index is 0.00000144. The Bertz CT molecular complexity index is 425. The first-order valence-electron chi connectivity index (χ1n) is 5.08. The summed E-state index contributed by atoms with van der Waals surface area (Å²) in [5.41, 5.74) is 6.31. The van der Waals surface area contributed by atoms with Crippen LogP contribution in [0.15, 0.2) is 18.2 Å². The van der Waals surface area contributed by atoms with Crippen molar-refractivity contribution in [3.8, 4) is 0 Å². The normalized spacial score (nSPS) is 19.0. The fourth-order valence-corrected chi connectivity index (χ4v) is 2.08. The Morgan fingerprint density at radius 2 is 2.06 bits per heavy atom. The lowest BCUT2D eigenvalue weighted by molar-refractivity contribution is 0.0791. The van der Waals surface area contributed by atoms with Gasteiger partial charge in [0.05, 0.1) is 10.0 Å². The lowest BCUT2D eigenvalue weighted by Crippen LogP contribution is -2.31. The van der Waals surface area contributed by atoms with Gasteiger partial charge in [0, 0.05) is 24.7 Å². The van der Waals surface area contributed by atoms with Gasteiger partial charge in [-0.1, -0.05) is 23.2 Å². The van der Waals surface area contributed by atoms with E-state index in [1.54, 1.807) is 23.1 Å². The highest BCUT2D eigenvalue weighted by atomic mass is 35.5. The van der Waals surface area contributed by atoms with E-state index in [1.807, 2.05) is 0 Å². The minimum Gasteiger partial charge on any atom is -0.337 e. The highest BCUT2D eigenvalue weighted by Crippen LogP contribution is 2.23. The summed E-state index contributed by atoms with van der Waals surface area (Å²) in [7, 11) is 0. The van der Waals surface area contributed by atoms with Gasteiger partial charge in [0.1, 0.15) is 0 Å². The molecule has 1 amide bonds. The van der Waals surface area contributed by atoms with Crippen LogP contribution in [-0.2, 0) is 0 Å². The number of carbonyl (C=O) groups excluding carboxylic acids is 1. The standard InChI is InChI=1S/C11H12Cl2N2O.ClH/c12-9-2-1-7(5-10(9)13)11(16)15-4-3-8(14)6-15;/h1-2,5,8H,3-4,6,14H2;1H. The Kier molecular flexibility index (Phi) is 5.07. The van der Waals surface area contributed by atoms with E-state index in [2.05, 4.69) is 0 Å². The number of likely N-dealkylation sites (tertiary alicyclic amines) is 1. The molecule has 1 unspecified atom stereocenters. The molecule has 6 heteroatoms. The van der Waals surface area contributed by atoms with Crippen LogP contribution in [0.25, 0.3) is 0 Å². The third kappa shape index (κ3) is 3.26. The fraction of sp³-hybridized carbons (Fsp3) is 0.364. The molecule has 1 saturated heterocycles. The summed E-state index contributed by atoms with van der Waals surface area (Å²) in [5.74, 6) is -0.0356. The molecule has 1 fully saturated rings. The topological polar surface area (TPSA) is 46.3 Å². The number of amides is 1. The van der Waals surface area contributed by atoms with E-state index in [1.165, 1.54) is 0 Å². The molecule has 3 nitrogen and oxygen atoms in total. The van der Waals surface area contributed by atoms with Crippen LogP contribution in [0.1, 0.15) is 16.8 Å². The largest absolute Gasteiger partial charge is 0.337 e. The van der Waals surface area contributed by atoms with E-state index < -0.39 is 0 Å². The molecule has 0 aliphatic carbocycles. The maximum Gasteiger partial charge on any atom is 0.253 e.